The van der Waals surface area contributed by atoms with E-state index in [0.717, 1.165) is 19.0 Å². The Bertz CT molecular complexity index is 272. The summed E-state index contributed by atoms with van der Waals surface area (Å²) in [6.07, 6.45) is 3.82. The van der Waals surface area contributed by atoms with Gasteiger partial charge in [-0.1, -0.05) is 41.5 Å². The normalized spacial score (nSPS) is 29.8. The van der Waals surface area contributed by atoms with Gasteiger partial charge in [0.05, 0.1) is 0 Å². The molecule has 3 atom stereocenters. The van der Waals surface area contributed by atoms with E-state index in [2.05, 4.69) is 53.5 Å². The van der Waals surface area contributed by atoms with Gasteiger partial charge in [0.15, 0.2) is 0 Å². The molecule has 2 nitrogen and oxygen atoms in total. The van der Waals surface area contributed by atoms with Gasteiger partial charge in [-0.15, -0.1) is 0 Å². The fourth-order valence-corrected chi connectivity index (χ4v) is 3.56. The van der Waals surface area contributed by atoms with Crippen molar-refractivity contribution in [3.05, 3.63) is 0 Å². The van der Waals surface area contributed by atoms with Crippen LogP contribution in [-0.2, 0) is 0 Å². The minimum Gasteiger partial charge on any atom is -0.327 e. The van der Waals surface area contributed by atoms with E-state index in [4.69, 9.17) is 5.73 Å². The van der Waals surface area contributed by atoms with Gasteiger partial charge in [0.2, 0.25) is 0 Å². The smallest absolute Gasteiger partial charge is 0.00795 e. The van der Waals surface area contributed by atoms with Crippen LogP contribution in [0.5, 0.6) is 0 Å². The SMILES string of the molecule is CN(CC1CC(C(C)(C)C)CCC1N)CC(C)(C)C. The first-order valence-corrected chi connectivity index (χ1v) is 7.93. The first kappa shape index (κ1) is 17.0. The highest BCUT2D eigenvalue weighted by molar-refractivity contribution is 4.88. The predicted octanol–water partition coefficient (Wildman–Crippen LogP) is 3.75. The maximum absolute atomic E-state index is 6.37. The molecule has 0 saturated heterocycles. The standard InChI is InChI=1S/C17H36N2/c1-16(2,3)12-19(7)11-13-10-14(17(4,5)6)8-9-15(13)18/h13-15H,8-12,18H2,1-7H3. The Morgan fingerprint density at radius 2 is 1.63 bits per heavy atom. The largest absolute Gasteiger partial charge is 0.327 e. The summed E-state index contributed by atoms with van der Waals surface area (Å²) in [5, 5.41) is 0. The van der Waals surface area contributed by atoms with Gasteiger partial charge in [0.1, 0.15) is 0 Å². The summed E-state index contributed by atoms with van der Waals surface area (Å²) in [6, 6.07) is 0.404. The second-order valence-electron chi connectivity index (χ2n) is 9.06. The molecule has 0 amide bonds. The molecule has 0 aromatic rings. The Labute approximate surface area is 121 Å². The Kier molecular flexibility index (Phi) is 5.48. The Hall–Kier alpha value is -0.0800. The van der Waals surface area contributed by atoms with Crippen LogP contribution in [0.3, 0.4) is 0 Å². The summed E-state index contributed by atoms with van der Waals surface area (Å²) >= 11 is 0. The van der Waals surface area contributed by atoms with Gasteiger partial charge in [-0.3, -0.25) is 0 Å². The Morgan fingerprint density at radius 1 is 1.05 bits per heavy atom. The summed E-state index contributed by atoms with van der Waals surface area (Å²) in [6.45, 7) is 16.4. The van der Waals surface area contributed by atoms with Crippen LogP contribution in [0.25, 0.3) is 0 Å². The maximum atomic E-state index is 6.37. The zero-order valence-corrected chi connectivity index (χ0v) is 14.3. The molecule has 3 unspecified atom stereocenters. The van der Waals surface area contributed by atoms with Crippen molar-refractivity contribution < 1.29 is 0 Å². The molecule has 1 aliphatic carbocycles. The van der Waals surface area contributed by atoms with Gasteiger partial charge >= 0.3 is 0 Å². The summed E-state index contributed by atoms with van der Waals surface area (Å²) in [4.78, 5) is 2.48. The molecule has 0 bridgehead atoms. The van der Waals surface area contributed by atoms with E-state index < -0.39 is 0 Å². The van der Waals surface area contributed by atoms with Crippen LogP contribution in [0.4, 0.5) is 0 Å². The van der Waals surface area contributed by atoms with E-state index in [9.17, 15) is 0 Å². The molecule has 0 aromatic carbocycles. The third-order valence-corrected chi connectivity index (χ3v) is 4.56. The van der Waals surface area contributed by atoms with E-state index >= 15 is 0 Å². The zero-order valence-electron chi connectivity index (χ0n) is 14.3. The number of rotatable bonds is 3. The molecule has 2 heteroatoms. The van der Waals surface area contributed by atoms with E-state index in [1.807, 2.05) is 0 Å². The van der Waals surface area contributed by atoms with Crippen molar-refractivity contribution in [3.8, 4) is 0 Å². The van der Waals surface area contributed by atoms with Crippen LogP contribution in [-0.4, -0.2) is 31.1 Å². The van der Waals surface area contributed by atoms with E-state index in [0.29, 0.717) is 22.8 Å². The minimum atomic E-state index is 0.372. The van der Waals surface area contributed by atoms with Crippen molar-refractivity contribution in [3.63, 3.8) is 0 Å². The molecule has 1 saturated carbocycles. The van der Waals surface area contributed by atoms with Crippen LogP contribution in [0.2, 0.25) is 0 Å². The first-order valence-electron chi connectivity index (χ1n) is 7.93. The molecular formula is C17H36N2. The van der Waals surface area contributed by atoms with Crippen molar-refractivity contribution in [2.45, 2.75) is 66.8 Å². The van der Waals surface area contributed by atoms with Crippen LogP contribution < -0.4 is 5.73 Å². The minimum absolute atomic E-state index is 0.372. The van der Waals surface area contributed by atoms with Crippen molar-refractivity contribution >= 4 is 0 Å². The number of hydrogen-bond acceptors (Lipinski definition) is 2. The molecule has 0 heterocycles. The molecule has 2 N–H and O–H groups in total. The summed E-state index contributed by atoms with van der Waals surface area (Å²) < 4.78 is 0. The van der Waals surface area contributed by atoms with Crippen LogP contribution in [0.1, 0.15) is 60.8 Å². The molecule has 0 spiro atoms. The maximum Gasteiger partial charge on any atom is 0.00795 e. The lowest BCUT2D eigenvalue weighted by atomic mass is 9.67. The molecule has 0 aliphatic heterocycles. The third-order valence-electron chi connectivity index (χ3n) is 4.56. The van der Waals surface area contributed by atoms with Gasteiger partial charge in [-0.2, -0.15) is 0 Å². The van der Waals surface area contributed by atoms with Gasteiger partial charge in [0, 0.05) is 19.1 Å². The highest BCUT2D eigenvalue weighted by atomic mass is 15.1. The molecule has 114 valence electrons. The van der Waals surface area contributed by atoms with Gasteiger partial charge in [-0.05, 0) is 49.0 Å². The molecule has 0 aromatic heterocycles. The molecule has 1 fully saturated rings. The third kappa shape index (κ3) is 5.83. The lowest BCUT2D eigenvalue weighted by Gasteiger charge is -2.42. The van der Waals surface area contributed by atoms with Crippen molar-refractivity contribution in [1.29, 1.82) is 0 Å². The fraction of sp³-hybridized carbons (Fsp3) is 1.00. The molecule has 19 heavy (non-hydrogen) atoms. The second-order valence-corrected chi connectivity index (χ2v) is 9.06. The van der Waals surface area contributed by atoms with Crippen molar-refractivity contribution in [2.75, 3.05) is 20.1 Å². The van der Waals surface area contributed by atoms with Crippen molar-refractivity contribution in [1.82, 2.24) is 4.90 Å². The summed E-state index contributed by atoms with van der Waals surface area (Å²) in [5.41, 5.74) is 7.17. The summed E-state index contributed by atoms with van der Waals surface area (Å²) in [5.74, 6) is 1.51. The molecular weight excluding hydrogens is 232 g/mol. The van der Waals surface area contributed by atoms with Gasteiger partial charge < -0.3 is 10.6 Å². The first-order chi connectivity index (χ1) is 8.49. The predicted molar refractivity (Wildman–Crippen MR) is 85.2 cm³/mol. The molecule has 1 aliphatic rings. The fourth-order valence-electron chi connectivity index (χ4n) is 3.56. The topological polar surface area (TPSA) is 29.3 Å². The van der Waals surface area contributed by atoms with E-state index in [-0.39, 0.29) is 0 Å². The number of nitrogens with two attached hydrogens (primary N) is 1. The average Bonchev–Trinajstić information content (AvgIpc) is 2.16. The zero-order chi connectivity index (χ0) is 14.8. The quantitative estimate of drug-likeness (QED) is 0.844. The van der Waals surface area contributed by atoms with Gasteiger partial charge in [0.25, 0.3) is 0 Å². The number of nitrogens with zero attached hydrogens (tertiary/aromatic N) is 1. The highest BCUT2D eigenvalue weighted by Gasteiger charge is 2.34. The van der Waals surface area contributed by atoms with Crippen molar-refractivity contribution in [2.24, 2.45) is 28.4 Å². The van der Waals surface area contributed by atoms with E-state index in [1.165, 1.54) is 19.3 Å². The lowest BCUT2D eigenvalue weighted by molar-refractivity contribution is 0.0966. The Balaban J connectivity index is 2.55. The summed E-state index contributed by atoms with van der Waals surface area (Å²) in [7, 11) is 2.25. The molecule has 0 radical (unpaired) electrons. The van der Waals surface area contributed by atoms with Gasteiger partial charge in [-0.25, -0.2) is 0 Å². The van der Waals surface area contributed by atoms with Crippen LogP contribution >= 0.6 is 0 Å². The monoisotopic (exact) mass is 268 g/mol. The highest BCUT2D eigenvalue weighted by Crippen LogP contribution is 2.40. The van der Waals surface area contributed by atoms with E-state index in [1.54, 1.807) is 0 Å². The Morgan fingerprint density at radius 3 is 2.11 bits per heavy atom. The average molecular weight is 268 g/mol. The lowest BCUT2D eigenvalue weighted by Crippen LogP contribution is -2.45. The van der Waals surface area contributed by atoms with Crippen LogP contribution in [0, 0.1) is 22.7 Å². The van der Waals surface area contributed by atoms with Crippen LogP contribution in [0.15, 0.2) is 0 Å². The number of hydrogen-bond donors (Lipinski definition) is 1. The molecule has 1 rings (SSSR count). The second kappa shape index (κ2) is 6.13.